The molecule has 2 heteroatoms. The molecule has 2 nitrogen and oxygen atoms in total. The van der Waals surface area contributed by atoms with Crippen LogP contribution in [0, 0.1) is 11.8 Å². The van der Waals surface area contributed by atoms with Gasteiger partial charge in [-0.2, -0.15) is 0 Å². The van der Waals surface area contributed by atoms with E-state index in [0.717, 1.165) is 25.7 Å². The number of carbonyl (C=O) groups is 2. The van der Waals surface area contributed by atoms with Crippen molar-refractivity contribution in [1.29, 1.82) is 0 Å². The summed E-state index contributed by atoms with van der Waals surface area (Å²) in [5.41, 5.74) is 0. The molecule has 0 aromatic heterocycles. The molecule has 2 atom stereocenters. The highest BCUT2D eigenvalue weighted by Crippen LogP contribution is 2.29. The second kappa shape index (κ2) is 3.83. The molecular formula is C10H16O2. The van der Waals surface area contributed by atoms with E-state index in [1.54, 1.807) is 13.8 Å². The maximum Gasteiger partial charge on any atom is 0.132 e. The third kappa shape index (κ3) is 2.16. The molecule has 0 amide bonds. The Balaban J connectivity index is 2.51. The van der Waals surface area contributed by atoms with Crippen molar-refractivity contribution < 1.29 is 9.59 Å². The molecule has 0 N–H and O–H groups in total. The Kier molecular flexibility index (Phi) is 3.01. The van der Waals surface area contributed by atoms with Gasteiger partial charge in [0.15, 0.2) is 0 Å². The maximum absolute atomic E-state index is 11.1. The Hall–Kier alpha value is -0.660. The Morgan fingerprint density at radius 3 is 1.75 bits per heavy atom. The summed E-state index contributed by atoms with van der Waals surface area (Å²) in [5.74, 6) is 0.821. The Labute approximate surface area is 73.3 Å². The van der Waals surface area contributed by atoms with Crippen molar-refractivity contribution in [3.05, 3.63) is 0 Å². The summed E-state index contributed by atoms with van der Waals surface area (Å²) >= 11 is 0. The van der Waals surface area contributed by atoms with Gasteiger partial charge in [-0.1, -0.05) is 6.42 Å². The molecule has 12 heavy (non-hydrogen) atoms. The fourth-order valence-corrected chi connectivity index (χ4v) is 1.93. The highest BCUT2D eigenvalue weighted by atomic mass is 16.1. The number of hydrogen-bond acceptors (Lipinski definition) is 2. The average molecular weight is 168 g/mol. The maximum atomic E-state index is 11.1. The van der Waals surface area contributed by atoms with Crippen molar-refractivity contribution in [2.45, 2.75) is 39.5 Å². The fourth-order valence-electron chi connectivity index (χ4n) is 1.93. The van der Waals surface area contributed by atoms with E-state index in [0.29, 0.717) is 0 Å². The third-order valence-electron chi connectivity index (χ3n) is 2.82. The van der Waals surface area contributed by atoms with E-state index in [1.165, 1.54) is 0 Å². The second-order valence-electron chi connectivity index (χ2n) is 3.78. The molecule has 1 aliphatic carbocycles. The molecule has 1 saturated carbocycles. The summed E-state index contributed by atoms with van der Waals surface area (Å²) in [6, 6.07) is 0. The highest BCUT2D eigenvalue weighted by molar-refractivity contribution is 5.82. The van der Waals surface area contributed by atoms with Crippen molar-refractivity contribution in [2.24, 2.45) is 11.8 Å². The molecule has 1 fully saturated rings. The van der Waals surface area contributed by atoms with E-state index in [-0.39, 0.29) is 23.4 Å². The number of hydrogen-bond donors (Lipinski definition) is 0. The van der Waals surface area contributed by atoms with Gasteiger partial charge in [0.1, 0.15) is 11.6 Å². The van der Waals surface area contributed by atoms with Crippen LogP contribution in [0.25, 0.3) is 0 Å². The van der Waals surface area contributed by atoms with Gasteiger partial charge in [0.05, 0.1) is 0 Å². The quantitative estimate of drug-likeness (QED) is 0.631. The van der Waals surface area contributed by atoms with Crippen molar-refractivity contribution in [3.63, 3.8) is 0 Å². The molecule has 0 bridgehead atoms. The van der Waals surface area contributed by atoms with Gasteiger partial charge in [-0.3, -0.25) is 9.59 Å². The number of ketones is 2. The Morgan fingerprint density at radius 1 is 1.00 bits per heavy atom. The summed E-state index contributed by atoms with van der Waals surface area (Å²) in [7, 11) is 0. The van der Waals surface area contributed by atoms with Gasteiger partial charge >= 0.3 is 0 Å². The largest absolute Gasteiger partial charge is 0.300 e. The number of carbonyl (C=O) groups excluding carboxylic acids is 2. The minimum atomic E-state index is 0.160. The third-order valence-corrected chi connectivity index (χ3v) is 2.82. The first-order valence-electron chi connectivity index (χ1n) is 4.62. The first-order valence-corrected chi connectivity index (χ1v) is 4.62. The number of rotatable bonds is 2. The van der Waals surface area contributed by atoms with Crippen molar-refractivity contribution in [3.8, 4) is 0 Å². The van der Waals surface area contributed by atoms with Crippen LogP contribution in [0.5, 0.6) is 0 Å². The SMILES string of the molecule is CC(=O)C1CCCC(C(C)=O)C1. The summed E-state index contributed by atoms with van der Waals surface area (Å²) < 4.78 is 0. The van der Waals surface area contributed by atoms with Crippen LogP contribution in [0.15, 0.2) is 0 Å². The molecule has 1 aliphatic rings. The molecule has 1 rings (SSSR count). The van der Waals surface area contributed by atoms with Crippen molar-refractivity contribution >= 4 is 11.6 Å². The molecule has 0 aromatic rings. The van der Waals surface area contributed by atoms with E-state index in [4.69, 9.17) is 0 Å². The van der Waals surface area contributed by atoms with Crippen molar-refractivity contribution in [1.82, 2.24) is 0 Å². The monoisotopic (exact) mass is 168 g/mol. The molecule has 68 valence electrons. The van der Waals surface area contributed by atoms with Crippen LogP contribution in [-0.4, -0.2) is 11.6 Å². The minimum absolute atomic E-state index is 0.160. The van der Waals surface area contributed by atoms with Crippen LogP contribution in [0.3, 0.4) is 0 Å². The van der Waals surface area contributed by atoms with Gasteiger partial charge in [0, 0.05) is 11.8 Å². The first kappa shape index (κ1) is 9.43. The van der Waals surface area contributed by atoms with Crippen molar-refractivity contribution in [2.75, 3.05) is 0 Å². The van der Waals surface area contributed by atoms with Gasteiger partial charge in [-0.25, -0.2) is 0 Å². The van der Waals surface area contributed by atoms with E-state index in [9.17, 15) is 9.59 Å². The molecule has 0 saturated heterocycles. The van der Waals surface area contributed by atoms with Gasteiger partial charge < -0.3 is 0 Å². The molecule has 0 radical (unpaired) electrons. The summed E-state index contributed by atoms with van der Waals surface area (Å²) in [6.07, 6.45) is 3.80. The topological polar surface area (TPSA) is 34.1 Å². The van der Waals surface area contributed by atoms with Crippen LogP contribution in [-0.2, 0) is 9.59 Å². The Bertz CT molecular complexity index is 176. The van der Waals surface area contributed by atoms with Gasteiger partial charge in [0.25, 0.3) is 0 Å². The highest BCUT2D eigenvalue weighted by Gasteiger charge is 2.27. The Morgan fingerprint density at radius 2 is 1.42 bits per heavy atom. The molecule has 2 unspecified atom stereocenters. The summed E-state index contributed by atoms with van der Waals surface area (Å²) in [6.45, 7) is 3.26. The number of Topliss-reactive ketones (excluding diaryl/α,β-unsaturated/α-hetero) is 2. The lowest BCUT2D eigenvalue weighted by Crippen LogP contribution is -2.24. The van der Waals surface area contributed by atoms with Gasteiger partial charge in [-0.15, -0.1) is 0 Å². The van der Waals surface area contributed by atoms with Gasteiger partial charge in [0.2, 0.25) is 0 Å². The lowest BCUT2D eigenvalue weighted by Gasteiger charge is -2.25. The lowest BCUT2D eigenvalue weighted by molar-refractivity contribution is -0.125. The van der Waals surface area contributed by atoms with E-state index >= 15 is 0 Å². The smallest absolute Gasteiger partial charge is 0.132 e. The predicted molar refractivity (Wildman–Crippen MR) is 46.8 cm³/mol. The van der Waals surface area contributed by atoms with Crippen LogP contribution in [0.4, 0.5) is 0 Å². The first-order chi connectivity index (χ1) is 5.61. The fraction of sp³-hybridized carbons (Fsp3) is 0.800. The predicted octanol–water partition coefficient (Wildman–Crippen LogP) is 1.97. The summed E-state index contributed by atoms with van der Waals surface area (Å²) in [5, 5.41) is 0. The normalized spacial score (nSPS) is 29.8. The molecular weight excluding hydrogens is 152 g/mol. The lowest BCUT2D eigenvalue weighted by atomic mass is 9.78. The molecule has 0 heterocycles. The zero-order chi connectivity index (χ0) is 9.14. The average Bonchev–Trinajstić information content (AvgIpc) is 2.04. The summed E-state index contributed by atoms with van der Waals surface area (Å²) in [4.78, 5) is 22.1. The van der Waals surface area contributed by atoms with E-state index < -0.39 is 0 Å². The minimum Gasteiger partial charge on any atom is -0.300 e. The van der Waals surface area contributed by atoms with Crippen LogP contribution < -0.4 is 0 Å². The van der Waals surface area contributed by atoms with E-state index in [1.807, 2.05) is 0 Å². The molecule has 0 aliphatic heterocycles. The van der Waals surface area contributed by atoms with E-state index in [2.05, 4.69) is 0 Å². The van der Waals surface area contributed by atoms with Crippen LogP contribution in [0.1, 0.15) is 39.5 Å². The zero-order valence-corrected chi connectivity index (χ0v) is 7.80. The van der Waals surface area contributed by atoms with Crippen LogP contribution in [0.2, 0.25) is 0 Å². The van der Waals surface area contributed by atoms with Gasteiger partial charge in [-0.05, 0) is 33.1 Å². The molecule has 0 aromatic carbocycles. The zero-order valence-electron chi connectivity index (χ0n) is 7.80. The molecule has 0 spiro atoms. The standard InChI is InChI=1S/C10H16O2/c1-7(11)9-4-3-5-10(6-9)8(2)12/h9-10H,3-6H2,1-2H3. The second-order valence-corrected chi connectivity index (χ2v) is 3.78. The van der Waals surface area contributed by atoms with Crippen LogP contribution >= 0.6 is 0 Å².